The van der Waals surface area contributed by atoms with Crippen molar-refractivity contribution in [3.63, 3.8) is 0 Å². The van der Waals surface area contributed by atoms with Gasteiger partial charge in [-0.05, 0) is 12.1 Å². The predicted octanol–water partition coefficient (Wildman–Crippen LogP) is 0.309. The number of hydrogen-bond donors (Lipinski definition) is 1. The van der Waals surface area contributed by atoms with Crippen molar-refractivity contribution in [2.75, 3.05) is 0 Å². The number of pyridine rings is 1. The first kappa shape index (κ1) is 8.28. The van der Waals surface area contributed by atoms with Gasteiger partial charge in [-0.1, -0.05) is 5.92 Å². The van der Waals surface area contributed by atoms with Crippen LogP contribution in [0.4, 0.5) is 0 Å². The number of aromatic nitrogens is 1. The first-order chi connectivity index (χ1) is 5.86. The van der Waals surface area contributed by atoms with E-state index in [9.17, 15) is 4.79 Å². The van der Waals surface area contributed by atoms with Gasteiger partial charge >= 0.3 is 0 Å². The molecule has 3 nitrogen and oxygen atoms in total. The van der Waals surface area contributed by atoms with E-state index in [-0.39, 0.29) is 0 Å². The van der Waals surface area contributed by atoms with Crippen molar-refractivity contribution in [3.05, 3.63) is 29.6 Å². The normalized spacial score (nSPS) is 8.58. The molecule has 1 aromatic heterocycles. The van der Waals surface area contributed by atoms with Gasteiger partial charge in [-0.2, -0.15) is 0 Å². The van der Waals surface area contributed by atoms with Crippen molar-refractivity contribution >= 4 is 6.41 Å². The molecule has 0 aromatic carbocycles. The molecule has 12 heavy (non-hydrogen) atoms. The van der Waals surface area contributed by atoms with E-state index in [2.05, 4.69) is 16.2 Å². The van der Waals surface area contributed by atoms with Crippen LogP contribution in [-0.4, -0.2) is 11.4 Å². The summed E-state index contributed by atoms with van der Waals surface area (Å²) in [4.78, 5) is 14.0. The summed E-state index contributed by atoms with van der Waals surface area (Å²) in [6.07, 6.45) is 7.37. The van der Waals surface area contributed by atoms with Crippen LogP contribution in [0.1, 0.15) is 11.3 Å². The third-order valence-corrected chi connectivity index (χ3v) is 1.36. The maximum atomic E-state index is 9.93. The molecule has 1 rings (SSSR count). The standard InChI is InChI=1S/C9H8N2O/c1-2-8-3-4-9(11-5-8)6-10-7-12/h1,3-5,7H,6H2,(H,10,12). The van der Waals surface area contributed by atoms with E-state index in [0.29, 0.717) is 13.0 Å². The Morgan fingerprint density at radius 1 is 1.67 bits per heavy atom. The first-order valence-corrected chi connectivity index (χ1v) is 3.45. The van der Waals surface area contributed by atoms with Gasteiger partial charge < -0.3 is 5.32 Å². The highest BCUT2D eigenvalue weighted by Crippen LogP contribution is 1.97. The number of rotatable bonds is 3. The Morgan fingerprint density at radius 3 is 3.00 bits per heavy atom. The van der Waals surface area contributed by atoms with Crippen molar-refractivity contribution < 1.29 is 4.79 Å². The quantitative estimate of drug-likeness (QED) is 0.510. The van der Waals surface area contributed by atoms with E-state index in [4.69, 9.17) is 6.42 Å². The number of nitrogens with zero attached hydrogens (tertiary/aromatic N) is 1. The van der Waals surface area contributed by atoms with Crippen molar-refractivity contribution in [2.24, 2.45) is 0 Å². The lowest BCUT2D eigenvalue weighted by Gasteiger charge is -1.97. The van der Waals surface area contributed by atoms with E-state index >= 15 is 0 Å². The molecule has 3 heteroatoms. The van der Waals surface area contributed by atoms with Gasteiger partial charge in [0, 0.05) is 11.8 Å². The second kappa shape index (κ2) is 4.14. The minimum Gasteiger partial charge on any atom is -0.353 e. The number of hydrogen-bond acceptors (Lipinski definition) is 2. The lowest BCUT2D eigenvalue weighted by Crippen LogP contribution is -2.10. The van der Waals surface area contributed by atoms with Gasteiger partial charge in [-0.15, -0.1) is 6.42 Å². The first-order valence-electron chi connectivity index (χ1n) is 3.45. The third-order valence-electron chi connectivity index (χ3n) is 1.36. The molecule has 0 fully saturated rings. The maximum absolute atomic E-state index is 9.93. The molecule has 1 aromatic rings. The Kier molecular flexibility index (Phi) is 2.86. The molecule has 1 heterocycles. The average molecular weight is 160 g/mol. The van der Waals surface area contributed by atoms with E-state index < -0.39 is 0 Å². The fourth-order valence-electron chi connectivity index (χ4n) is 0.761. The summed E-state index contributed by atoms with van der Waals surface area (Å²) < 4.78 is 0. The zero-order valence-corrected chi connectivity index (χ0v) is 6.45. The minimum atomic E-state index is 0.439. The number of terminal acetylenes is 1. The van der Waals surface area contributed by atoms with Crippen LogP contribution in [-0.2, 0) is 11.3 Å². The number of carbonyl (C=O) groups excluding carboxylic acids is 1. The second-order valence-electron chi connectivity index (χ2n) is 2.18. The molecule has 0 aliphatic heterocycles. The molecule has 1 N–H and O–H groups in total. The van der Waals surface area contributed by atoms with Crippen LogP contribution in [0, 0.1) is 12.3 Å². The summed E-state index contributed by atoms with van der Waals surface area (Å²) in [5.41, 5.74) is 1.53. The van der Waals surface area contributed by atoms with Gasteiger partial charge in [-0.3, -0.25) is 9.78 Å². The third kappa shape index (κ3) is 2.10. The van der Waals surface area contributed by atoms with E-state index in [0.717, 1.165) is 11.3 Å². The topological polar surface area (TPSA) is 42.0 Å². The molecule has 60 valence electrons. The molecule has 0 radical (unpaired) electrons. The molecule has 0 aliphatic rings. The van der Waals surface area contributed by atoms with Gasteiger partial charge in [0.25, 0.3) is 0 Å². The molecule has 0 aliphatic carbocycles. The van der Waals surface area contributed by atoms with E-state index in [1.807, 2.05) is 0 Å². The van der Waals surface area contributed by atoms with Crippen LogP contribution >= 0.6 is 0 Å². The number of amides is 1. The summed E-state index contributed by atoms with van der Waals surface area (Å²) in [5.74, 6) is 2.46. The van der Waals surface area contributed by atoms with Crippen LogP contribution in [0.2, 0.25) is 0 Å². The van der Waals surface area contributed by atoms with Gasteiger partial charge in [-0.25, -0.2) is 0 Å². The molecule has 0 atom stereocenters. The van der Waals surface area contributed by atoms with Gasteiger partial charge in [0.05, 0.1) is 12.2 Å². The Balaban J connectivity index is 2.66. The largest absolute Gasteiger partial charge is 0.353 e. The van der Waals surface area contributed by atoms with Crippen LogP contribution in [0.5, 0.6) is 0 Å². The lowest BCUT2D eigenvalue weighted by atomic mass is 10.2. The fraction of sp³-hybridized carbons (Fsp3) is 0.111. The highest BCUT2D eigenvalue weighted by molar-refractivity contribution is 5.46. The van der Waals surface area contributed by atoms with Gasteiger partial charge in [0.15, 0.2) is 0 Å². The van der Waals surface area contributed by atoms with E-state index in [1.54, 1.807) is 18.3 Å². The van der Waals surface area contributed by atoms with Crippen LogP contribution in [0.15, 0.2) is 18.3 Å². The highest BCUT2D eigenvalue weighted by Gasteiger charge is 1.91. The lowest BCUT2D eigenvalue weighted by molar-refractivity contribution is -0.109. The molecular formula is C9H8N2O. The SMILES string of the molecule is C#Cc1ccc(CNC=O)nc1. The van der Waals surface area contributed by atoms with Crippen LogP contribution in [0.3, 0.4) is 0 Å². The zero-order chi connectivity index (χ0) is 8.81. The van der Waals surface area contributed by atoms with E-state index in [1.165, 1.54) is 0 Å². The maximum Gasteiger partial charge on any atom is 0.207 e. The second-order valence-corrected chi connectivity index (χ2v) is 2.18. The molecule has 0 saturated carbocycles. The van der Waals surface area contributed by atoms with Crippen LogP contribution in [0.25, 0.3) is 0 Å². The Bertz CT molecular complexity index is 297. The smallest absolute Gasteiger partial charge is 0.207 e. The number of nitrogens with one attached hydrogen (secondary N) is 1. The van der Waals surface area contributed by atoms with Gasteiger partial charge in [0.1, 0.15) is 0 Å². The molecular weight excluding hydrogens is 152 g/mol. The van der Waals surface area contributed by atoms with Crippen molar-refractivity contribution in [1.29, 1.82) is 0 Å². The summed E-state index contributed by atoms with van der Waals surface area (Å²) in [6, 6.07) is 3.57. The molecule has 0 saturated heterocycles. The van der Waals surface area contributed by atoms with Crippen molar-refractivity contribution in [2.45, 2.75) is 6.54 Å². The summed E-state index contributed by atoms with van der Waals surface area (Å²) in [5, 5.41) is 2.51. The summed E-state index contributed by atoms with van der Waals surface area (Å²) in [6.45, 7) is 0.439. The van der Waals surface area contributed by atoms with Crippen molar-refractivity contribution in [1.82, 2.24) is 10.3 Å². The molecule has 0 unspecified atom stereocenters. The molecule has 1 amide bonds. The number of carbonyl (C=O) groups is 1. The summed E-state index contributed by atoms with van der Waals surface area (Å²) in [7, 11) is 0. The Morgan fingerprint density at radius 2 is 2.50 bits per heavy atom. The average Bonchev–Trinajstić information content (AvgIpc) is 2.15. The van der Waals surface area contributed by atoms with Crippen LogP contribution < -0.4 is 5.32 Å². The Hall–Kier alpha value is -1.82. The zero-order valence-electron chi connectivity index (χ0n) is 6.45. The van der Waals surface area contributed by atoms with Gasteiger partial charge in [0.2, 0.25) is 6.41 Å². The van der Waals surface area contributed by atoms with Crippen molar-refractivity contribution in [3.8, 4) is 12.3 Å². The molecule has 0 bridgehead atoms. The fourth-order valence-corrected chi connectivity index (χ4v) is 0.761. The predicted molar refractivity (Wildman–Crippen MR) is 45.1 cm³/mol. The summed E-state index contributed by atoms with van der Waals surface area (Å²) >= 11 is 0. The Labute approximate surface area is 70.8 Å². The molecule has 0 spiro atoms. The minimum absolute atomic E-state index is 0.439. The monoisotopic (exact) mass is 160 g/mol. The highest BCUT2D eigenvalue weighted by atomic mass is 16.1.